The number of hydrogen-bond donors (Lipinski definition) is 1. The van der Waals surface area contributed by atoms with Crippen molar-refractivity contribution in [2.75, 3.05) is 13.7 Å². The maximum atomic E-state index is 11.8. The monoisotopic (exact) mass is 411 g/mol. The van der Waals surface area contributed by atoms with E-state index in [9.17, 15) is 9.59 Å². The molecule has 0 radical (unpaired) electrons. The number of hydrogen-bond acceptors (Lipinski definition) is 5. The molecular formula is C15H18AgN3O4. The van der Waals surface area contributed by atoms with Crippen molar-refractivity contribution in [3.8, 4) is 0 Å². The summed E-state index contributed by atoms with van der Waals surface area (Å²) >= 11 is 0. The summed E-state index contributed by atoms with van der Waals surface area (Å²) in [5.74, 6) is -0.529. The second kappa shape index (κ2) is 10.0. The molecule has 2 unspecified atom stereocenters. The number of nitrogens with one attached hydrogen (secondary N) is 1. The van der Waals surface area contributed by atoms with Gasteiger partial charge in [0.1, 0.15) is 12.6 Å². The third-order valence-electron chi connectivity index (χ3n) is 3.17. The van der Waals surface area contributed by atoms with Gasteiger partial charge in [-0.25, -0.2) is 9.59 Å². The molecular weight excluding hydrogens is 394 g/mol. The van der Waals surface area contributed by atoms with Crippen LogP contribution in [-0.4, -0.2) is 44.1 Å². The van der Waals surface area contributed by atoms with Gasteiger partial charge in [0.2, 0.25) is 0 Å². The van der Waals surface area contributed by atoms with Gasteiger partial charge in [-0.2, -0.15) is 0 Å². The average molecular weight is 412 g/mol. The number of rotatable bonds is 6. The van der Waals surface area contributed by atoms with E-state index in [1.165, 1.54) is 13.4 Å². The Morgan fingerprint density at radius 2 is 2.13 bits per heavy atom. The summed E-state index contributed by atoms with van der Waals surface area (Å²) in [4.78, 5) is 27.7. The quantitative estimate of drug-likeness (QED) is 0.568. The summed E-state index contributed by atoms with van der Waals surface area (Å²) in [6, 6.07) is 8.36. The molecule has 2 rings (SSSR count). The van der Waals surface area contributed by atoms with Crippen molar-refractivity contribution in [1.82, 2.24) is 5.32 Å². The van der Waals surface area contributed by atoms with Gasteiger partial charge in [-0.3, -0.25) is 0 Å². The first kappa shape index (κ1) is 19.2. The van der Waals surface area contributed by atoms with Gasteiger partial charge in [-0.05, 0) is 24.6 Å². The van der Waals surface area contributed by atoms with E-state index in [0.29, 0.717) is 13.0 Å². The van der Waals surface area contributed by atoms with Gasteiger partial charge in [0, 0.05) is 0 Å². The Bertz CT molecular complexity index is 539. The number of amides is 1. The third-order valence-corrected chi connectivity index (χ3v) is 3.17. The summed E-state index contributed by atoms with van der Waals surface area (Å²) in [6.07, 6.45) is 1.12. The first-order valence-electron chi connectivity index (χ1n) is 6.92. The number of esters is 1. The van der Waals surface area contributed by atoms with Crippen LogP contribution in [0.1, 0.15) is 12.0 Å². The van der Waals surface area contributed by atoms with Crippen LogP contribution in [0.15, 0.2) is 35.3 Å². The Morgan fingerprint density at radius 3 is 2.74 bits per heavy atom. The molecule has 1 amide bonds. The van der Waals surface area contributed by atoms with Crippen molar-refractivity contribution in [3.63, 3.8) is 0 Å². The molecule has 0 saturated carbocycles. The summed E-state index contributed by atoms with van der Waals surface area (Å²) in [7, 11) is 1.27. The van der Waals surface area contributed by atoms with Crippen LogP contribution in [0.4, 0.5) is 4.79 Å². The molecule has 0 saturated heterocycles. The van der Waals surface area contributed by atoms with Gasteiger partial charge in [0.15, 0.2) is 0 Å². The molecule has 1 aromatic carbocycles. The van der Waals surface area contributed by atoms with Crippen LogP contribution in [0.25, 0.3) is 5.32 Å². The zero-order valence-electron chi connectivity index (χ0n) is 12.6. The molecule has 23 heavy (non-hydrogen) atoms. The maximum Gasteiger partial charge on any atom is 1.00 e. The zero-order valence-corrected chi connectivity index (χ0v) is 14.1. The van der Waals surface area contributed by atoms with E-state index in [1.54, 1.807) is 0 Å². The molecule has 2 atom stereocenters. The molecule has 0 fully saturated rings. The van der Waals surface area contributed by atoms with Gasteiger partial charge < -0.3 is 25.1 Å². The second-order valence-corrected chi connectivity index (χ2v) is 4.80. The Morgan fingerprint density at radius 1 is 1.39 bits per heavy atom. The fourth-order valence-electron chi connectivity index (χ4n) is 2.03. The number of carbonyl (C=O) groups excluding carboxylic acids is 2. The van der Waals surface area contributed by atoms with Gasteiger partial charge in [-0.1, -0.05) is 30.3 Å². The van der Waals surface area contributed by atoms with E-state index in [2.05, 4.69) is 15.6 Å². The number of benzene rings is 1. The van der Waals surface area contributed by atoms with Crippen molar-refractivity contribution in [3.05, 3.63) is 41.2 Å². The van der Waals surface area contributed by atoms with Crippen LogP contribution in [0.3, 0.4) is 0 Å². The minimum Gasteiger partial charge on any atom is -0.472 e. The predicted molar refractivity (Wildman–Crippen MR) is 80.7 cm³/mol. The van der Waals surface area contributed by atoms with E-state index >= 15 is 0 Å². The fraction of sp³-hybridized carbons (Fsp3) is 0.400. The van der Waals surface area contributed by atoms with Crippen molar-refractivity contribution >= 4 is 18.4 Å². The number of methoxy groups -OCH3 is 1. The number of nitrogens with zero attached hydrogens (tertiary/aromatic N) is 2. The van der Waals surface area contributed by atoms with E-state index in [1.807, 2.05) is 30.3 Å². The Balaban J connectivity index is 0.00000264. The van der Waals surface area contributed by atoms with Gasteiger partial charge in [0.25, 0.3) is 0 Å². The van der Waals surface area contributed by atoms with Crippen LogP contribution in [0.5, 0.6) is 0 Å². The SMILES string of the molecule is COC(=O)C(CC1C[N-]C=N1)NC(=O)OCc1ccccc1.[Ag+]. The average Bonchev–Trinajstić information content (AvgIpc) is 3.05. The molecule has 7 nitrogen and oxygen atoms in total. The topological polar surface area (TPSA) is 91.1 Å². The number of aliphatic imine (C=N–C) groups is 1. The fourth-order valence-corrected chi connectivity index (χ4v) is 2.03. The molecule has 1 aliphatic rings. The van der Waals surface area contributed by atoms with Crippen molar-refractivity contribution in [2.45, 2.75) is 25.1 Å². The Labute approximate surface area is 150 Å². The third kappa shape index (κ3) is 6.43. The molecule has 0 bridgehead atoms. The minimum atomic E-state index is -0.802. The van der Waals surface area contributed by atoms with E-state index in [-0.39, 0.29) is 35.0 Å². The van der Waals surface area contributed by atoms with Crippen LogP contribution in [0, 0.1) is 0 Å². The summed E-state index contributed by atoms with van der Waals surface area (Å²) < 4.78 is 9.79. The van der Waals surface area contributed by atoms with Crippen molar-refractivity contribution in [1.29, 1.82) is 0 Å². The van der Waals surface area contributed by atoms with Crippen LogP contribution in [0.2, 0.25) is 0 Å². The van der Waals surface area contributed by atoms with E-state index in [0.717, 1.165) is 5.56 Å². The summed E-state index contributed by atoms with van der Waals surface area (Å²) in [5, 5.41) is 6.48. The zero-order chi connectivity index (χ0) is 15.8. The van der Waals surface area contributed by atoms with Gasteiger partial charge in [0.05, 0.1) is 7.11 Å². The molecule has 1 heterocycles. The molecule has 1 aromatic rings. The van der Waals surface area contributed by atoms with Crippen LogP contribution < -0.4 is 5.32 Å². The smallest absolute Gasteiger partial charge is 0.472 e. The predicted octanol–water partition coefficient (Wildman–Crippen LogP) is 1.63. The van der Waals surface area contributed by atoms with Gasteiger partial charge in [-0.15, -0.1) is 6.34 Å². The largest absolute Gasteiger partial charge is 1.00 e. The molecule has 1 aliphatic heterocycles. The Hall–Kier alpha value is -1.83. The number of carbonyl (C=O) groups is 2. The molecule has 1 N–H and O–H groups in total. The first-order chi connectivity index (χ1) is 10.7. The molecule has 128 valence electrons. The minimum absolute atomic E-state index is 0. The van der Waals surface area contributed by atoms with E-state index in [4.69, 9.17) is 9.47 Å². The molecule has 0 aromatic heterocycles. The van der Waals surface area contributed by atoms with E-state index < -0.39 is 18.1 Å². The van der Waals surface area contributed by atoms with Crippen molar-refractivity contribution in [2.24, 2.45) is 4.99 Å². The maximum absolute atomic E-state index is 11.8. The second-order valence-electron chi connectivity index (χ2n) is 4.80. The number of ether oxygens (including phenoxy) is 2. The summed E-state index contributed by atoms with van der Waals surface area (Å²) in [6.45, 7) is 0.645. The number of alkyl carbamates (subject to hydrolysis) is 1. The summed E-state index contributed by atoms with van der Waals surface area (Å²) in [5.41, 5.74) is 0.867. The first-order valence-corrected chi connectivity index (χ1v) is 6.92. The molecule has 0 spiro atoms. The molecule has 0 aliphatic carbocycles. The van der Waals surface area contributed by atoms with Crippen LogP contribution in [-0.2, 0) is 43.3 Å². The standard InChI is InChI=1S/C15H19N3O4.Ag/c1-21-14(19)13(7-12-8-16-10-17-12)18-15(20)22-9-11-5-3-2-4-6-11;/h2-6,10,12-13H,7-9H2,1H3,(H2,16,17,18,20);/q;+1/p-1. The van der Waals surface area contributed by atoms with Gasteiger partial charge >= 0.3 is 34.4 Å². The van der Waals surface area contributed by atoms with Crippen LogP contribution >= 0.6 is 0 Å². The Kier molecular flexibility index (Phi) is 8.39. The normalized spacial score (nSPS) is 16.7. The van der Waals surface area contributed by atoms with Crippen molar-refractivity contribution < 1.29 is 41.4 Å². The molecule has 8 heteroatoms.